The molecule has 5 nitrogen and oxygen atoms in total. The molecule has 6 heteroatoms. The molecular weight excluding hydrogens is 244 g/mol. The van der Waals surface area contributed by atoms with Gasteiger partial charge in [-0.3, -0.25) is 4.79 Å². The number of carbonyl (C=O) groups is 1. The summed E-state index contributed by atoms with van der Waals surface area (Å²) in [7, 11) is 0. The van der Waals surface area contributed by atoms with Crippen molar-refractivity contribution in [3.63, 3.8) is 0 Å². The molecule has 1 saturated carbocycles. The van der Waals surface area contributed by atoms with Crippen molar-refractivity contribution in [3.8, 4) is 0 Å². The van der Waals surface area contributed by atoms with Crippen molar-refractivity contribution < 1.29 is 14.6 Å². The van der Waals surface area contributed by atoms with Gasteiger partial charge in [0.25, 0.3) is 0 Å². The molecule has 0 aromatic rings. The maximum Gasteiger partial charge on any atom is 0.225 e. The van der Waals surface area contributed by atoms with Crippen LogP contribution in [0.25, 0.3) is 0 Å². The quantitative estimate of drug-likeness (QED) is 0.722. The first-order valence-corrected chi connectivity index (χ1v) is 5.97. The molecule has 0 spiro atoms. The third-order valence-electron chi connectivity index (χ3n) is 3.48. The number of nitrogens with zero attached hydrogens (tertiary/aromatic N) is 1. The zero-order valence-corrected chi connectivity index (χ0v) is 10.7. The SMILES string of the molecule is Cl.NC1CCC(C(=O)N2CCOC(CO)C2)C1. The summed E-state index contributed by atoms with van der Waals surface area (Å²) in [4.78, 5) is 14.0. The normalized spacial score (nSPS) is 33.3. The molecule has 1 aliphatic carbocycles. The van der Waals surface area contributed by atoms with E-state index in [9.17, 15) is 4.79 Å². The first-order valence-electron chi connectivity index (χ1n) is 5.97. The van der Waals surface area contributed by atoms with Crippen molar-refractivity contribution in [3.05, 3.63) is 0 Å². The second-order valence-corrected chi connectivity index (χ2v) is 4.73. The van der Waals surface area contributed by atoms with E-state index in [0.29, 0.717) is 19.7 Å². The predicted octanol–water partition coefficient (Wildman–Crippen LogP) is -0.245. The lowest BCUT2D eigenvalue weighted by molar-refractivity contribution is -0.144. The minimum Gasteiger partial charge on any atom is -0.394 e. The van der Waals surface area contributed by atoms with Gasteiger partial charge in [-0.05, 0) is 19.3 Å². The van der Waals surface area contributed by atoms with Crippen molar-refractivity contribution in [2.24, 2.45) is 11.7 Å². The highest BCUT2D eigenvalue weighted by atomic mass is 35.5. The lowest BCUT2D eigenvalue weighted by Gasteiger charge is -2.33. The summed E-state index contributed by atoms with van der Waals surface area (Å²) < 4.78 is 5.32. The number of ether oxygens (including phenoxy) is 1. The van der Waals surface area contributed by atoms with Crippen LogP contribution in [0.2, 0.25) is 0 Å². The van der Waals surface area contributed by atoms with Crippen molar-refractivity contribution in [2.75, 3.05) is 26.3 Å². The molecule has 0 bridgehead atoms. The van der Waals surface area contributed by atoms with Crippen LogP contribution < -0.4 is 5.73 Å². The van der Waals surface area contributed by atoms with Crippen LogP contribution in [0.15, 0.2) is 0 Å². The molecule has 1 heterocycles. The van der Waals surface area contributed by atoms with Gasteiger partial charge < -0.3 is 20.5 Å². The molecule has 2 aliphatic rings. The number of halogens is 1. The molecule has 2 rings (SSSR count). The van der Waals surface area contributed by atoms with Crippen LogP contribution in [-0.2, 0) is 9.53 Å². The van der Waals surface area contributed by atoms with E-state index in [-0.39, 0.29) is 43.0 Å². The number of aliphatic hydroxyl groups excluding tert-OH is 1. The van der Waals surface area contributed by atoms with Gasteiger partial charge in [0.1, 0.15) is 0 Å². The van der Waals surface area contributed by atoms with Crippen LogP contribution in [0.3, 0.4) is 0 Å². The summed E-state index contributed by atoms with van der Waals surface area (Å²) in [6.45, 7) is 1.66. The summed E-state index contributed by atoms with van der Waals surface area (Å²) in [5, 5.41) is 9.02. The van der Waals surface area contributed by atoms with E-state index >= 15 is 0 Å². The summed E-state index contributed by atoms with van der Waals surface area (Å²) in [5.74, 6) is 0.280. The Morgan fingerprint density at radius 2 is 2.24 bits per heavy atom. The second-order valence-electron chi connectivity index (χ2n) is 4.73. The van der Waals surface area contributed by atoms with Crippen molar-refractivity contribution in [1.29, 1.82) is 0 Å². The number of carbonyl (C=O) groups excluding carboxylic acids is 1. The number of amides is 1. The Hall–Kier alpha value is -0.360. The van der Waals surface area contributed by atoms with Crippen LogP contribution in [0.1, 0.15) is 19.3 Å². The highest BCUT2D eigenvalue weighted by Crippen LogP contribution is 2.26. The van der Waals surface area contributed by atoms with Crippen LogP contribution in [0.4, 0.5) is 0 Å². The lowest BCUT2D eigenvalue weighted by Crippen LogP contribution is -2.48. The van der Waals surface area contributed by atoms with E-state index in [1.54, 1.807) is 0 Å². The molecule has 0 aromatic heterocycles. The fourth-order valence-electron chi connectivity index (χ4n) is 2.53. The summed E-state index contributed by atoms with van der Waals surface area (Å²) in [6.07, 6.45) is 2.44. The van der Waals surface area contributed by atoms with Crippen molar-refractivity contribution in [2.45, 2.75) is 31.4 Å². The number of morpholine rings is 1. The van der Waals surface area contributed by atoms with Crippen LogP contribution in [0.5, 0.6) is 0 Å². The van der Waals surface area contributed by atoms with Gasteiger partial charge in [-0.25, -0.2) is 0 Å². The molecular formula is C11H21ClN2O3. The minimum atomic E-state index is -0.215. The average Bonchev–Trinajstić information content (AvgIpc) is 2.75. The number of rotatable bonds is 2. The number of hydrogen-bond acceptors (Lipinski definition) is 4. The summed E-state index contributed by atoms with van der Waals surface area (Å²) >= 11 is 0. The standard InChI is InChI=1S/C11H20N2O3.ClH/c12-9-2-1-8(5-9)11(15)13-3-4-16-10(6-13)7-14;/h8-10,14H,1-7,12H2;1H. The maximum atomic E-state index is 12.1. The third-order valence-corrected chi connectivity index (χ3v) is 3.48. The maximum absolute atomic E-state index is 12.1. The molecule has 0 aromatic carbocycles. The van der Waals surface area contributed by atoms with E-state index in [2.05, 4.69) is 0 Å². The largest absolute Gasteiger partial charge is 0.394 e. The van der Waals surface area contributed by atoms with Crippen LogP contribution >= 0.6 is 12.4 Å². The Bertz CT molecular complexity index is 265. The first-order chi connectivity index (χ1) is 7.70. The smallest absolute Gasteiger partial charge is 0.225 e. The van der Waals surface area contributed by atoms with Crippen molar-refractivity contribution >= 4 is 18.3 Å². The van der Waals surface area contributed by atoms with Gasteiger partial charge in [0.2, 0.25) is 5.91 Å². The van der Waals surface area contributed by atoms with Crippen LogP contribution in [-0.4, -0.2) is 54.4 Å². The Kier molecular flexibility index (Phi) is 5.66. The van der Waals surface area contributed by atoms with E-state index < -0.39 is 0 Å². The molecule has 3 N–H and O–H groups in total. The van der Waals surface area contributed by atoms with E-state index in [1.165, 1.54) is 0 Å². The topological polar surface area (TPSA) is 75.8 Å². The van der Waals surface area contributed by atoms with E-state index in [4.69, 9.17) is 15.6 Å². The van der Waals surface area contributed by atoms with E-state index in [1.807, 2.05) is 4.90 Å². The Balaban J connectivity index is 0.00000144. The fourth-order valence-corrected chi connectivity index (χ4v) is 2.53. The van der Waals surface area contributed by atoms with Crippen LogP contribution in [0, 0.1) is 5.92 Å². The second kappa shape index (κ2) is 6.54. The van der Waals surface area contributed by atoms with Gasteiger partial charge in [-0.1, -0.05) is 0 Å². The molecule has 0 radical (unpaired) electrons. The number of hydrogen-bond donors (Lipinski definition) is 2. The molecule has 3 unspecified atom stereocenters. The fraction of sp³-hybridized carbons (Fsp3) is 0.909. The Labute approximate surface area is 108 Å². The molecule has 3 atom stereocenters. The minimum absolute atomic E-state index is 0. The Morgan fingerprint density at radius 1 is 1.47 bits per heavy atom. The van der Waals surface area contributed by atoms with Gasteiger partial charge in [-0.15, -0.1) is 12.4 Å². The van der Waals surface area contributed by atoms with Gasteiger partial charge in [0, 0.05) is 25.0 Å². The van der Waals surface area contributed by atoms with E-state index in [0.717, 1.165) is 19.3 Å². The molecule has 2 fully saturated rings. The number of aliphatic hydroxyl groups is 1. The van der Waals surface area contributed by atoms with Gasteiger partial charge in [0.15, 0.2) is 0 Å². The van der Waals surface area contributed by atoms with Gasteiger partial charge in [0.05, 0.1) is 19.3 Å². The molecule has 17 heavy (non-hydrogen) atoms. The van der Waals surface area contributed by atoms with Crippen molar-refractivity contribution in [1.82, 2.24) is 4.90 Å². The third kappa shape index (κ3) is 3.55. The molecule has 100 valence electrons. The zero-order chi connectivity index (χ0) is 11.5. The molecule has 1 aliphatic heterocycles. The van der Waals surface area contributed by atoms with Gasteiger partial charge in [-0.2, -0.15) is 0 Å². The molecule has 1 saturated heterocycles. The highest BCUT2D eigenvalue weighted by molar-refractivity contribution is 5.85. The summed E-state index contributed by atoms with van der Waals surface area (Å²) in [6, 6.07) is 0.184. The average molecular weight is 265 g/mol. The molecule has 1 amide bonds. The Morgan fingerprint density at radius 3 is 2.82 bits per heavy atom. The summed E-state index contributed by atoms with van der Waals surface area (Å²) in [5.41, 5.74) is 5.81. The monoisotopic (exact) mass is 264 g/mol. The lowest BCUT2D eigenvalue weighted by atomic mass is 10.1. The predicted molar refractivity (Wildman–Crippen MR) is 66.0 cm³/mol. The number of nitrogens with two attached hydrogens (primary N) is 1. The first kappa shape index (κ1) is 14.7. The highest BCUT2D eigenvalue weighted by Gasteiger charge is 2.33. The zero-order valence-electron chi connectivity index (χ0n) is 9.88. The van der Waals surface area contributed by atoms with Gasteiger partial charge >= 0.3 is 0 Å².